The number of aromatic nitrogens is 2. The van der Waals surface area contributed by atoms with Gasteiger partial charge in [-0.05, 0) is 43.9 Å². The van der Waals surface area contributed by atoms with Gasteiger partial charge in [-0.25, -0.2) is 4.68 Å². The number of carbonyl (C=O) groups excluding carboxylic acids is 2. The van der Waals surface area contributed by atoms with E-state index in [1.807, 2.05) is 51.1 Å². The number of hydrogen-bond donors (Lipinski definition) is 1. The molecule has 3 rings (SSSR count). The zero-order chi connectivity index (χ0) is 28.2. The Bertz CT molecular complexity index is 1340. The number of para-hydroxylation sites is 1. The van der Waals surface area contributed by atoms with Crippen molar-refractivity contribution in [1.29, 1.82) is 0 Å². The molecule has 3 aromatic rings. The van der Waals surface area contributed by atoms with Crippen molar-refractivity contribution < 1.29 is 14.5 Å². The molecule has 9 heteroatoms. The minimum Gasteiger partial charge on any atom is -0.329 e. The molecule has 0 unspecified atom stereocenters. The quantitative estimate of drug-likeness (QED) is 0.283. The smallest absolute Gasteiger partial charge is 0.273 e. The number of hydrogen-bond acceptors (Lipinski definition) is 5. The first-order valence-corrected chi connectivity index (χ1v) is 12.8. The molecule has 2 amide bonds. The van der Waals surface area contributed by atoms with E-state index in [2.05, 4.69) is 26.1 Å². The summed E-state index contributed by atoms with van der Waals surface area (Å²) in [5, 5.41) is 19.1. The monoisotopic (exact) mass is 519 g/mol. The fraction of sp³-hybridized carbons (Fsp3) is 0.414. The first kappa shape index (κ1) is 28.6. The van der Waals surface area contributed by atoms with Crippen molar-refractivity contribution in [2.24, 2.45) is 5.92 Å². The number of benzene rings is 2. The minimum absolute atomic E-state index is 0.124. The van der Waals surface area contributed by atoms with Crippen LogP contribution in [-0.4, -0.2) is 44.5 Å². The van der Waals surface area contributed by atoms with Crippen LogP contribution in [0.25, 0.3) is 5.69 Å². The summed E-state index contributed by atoms with van der Waals surface area (Å²) >= 11 is 0. The van der Waals surface area contributed by atoms with Crippen molar-refractivity contribution in [2.75, 3.05) is 18.4 Å². The molecule has 1 N–H and O–H groups in total. The number of amides is 2. The van der Waals surface area contributed by atoms with E-state index in [0.29, 0.717) is 30.3 Å². The van der Waals surface area contributed by atoms with E-state index in [0.717, 1.165) is 16.9 Å². The number of rotatable bonds is 9. The Morgan fingerprint density at radius 3 is 2.37 bits per heavy atom. The third kappa shape index (κ3) is 6.85. The molecule has 2 aromatic carbocycles. The molecule has 0 saturated carbocycles. The first-order chi connectivity index (χ1) is 17.8. The van der Waals surface area contributed by atoms with E-state index in [4.69, 9.17) is 5.10 Å². The largest absolute Gasteiger partial charge is 0.329 e. The highest BCUT2D eigenvalue weighted by atomic mass is 16.6. The van der Waals surface area contributed by atoms with Gasteiger partial charge in [-0.1, -0.05) is 58.9 Å². The van der Waals surface area contributed by atoms with Gasteiger partial charge in [0.25, 0.3) is 11.6 Å². The third-order valence-electron chi connectivity index (χ3n) is 6.34. The number of nitro groups is 1. The number of anilines is 1. The van der Waals surface area contributed by atoms with Crippen LogP contribution in [0.4, 0.5) is 11.5 Å². The van der Waals surface area contributed by atoms with Crippen molar-refractivity contribution in [3.05, 3.63) is 81.0 Å². The van der Waals surface area contributed by atoms with Crippen molar-refractivity contribution in [2.45, 2.75) is 60.3 Å². The highest BCUT2D eigenvalue weighted by molar-refractivity contribution is 5.99. The Morgan fingerprint density at radius 2 is 1.76 bits per heavy atom. The third-order valence-corrected chi connectivity index (χ3v) is 6.34. The van der Waals surface area contributed by atoms with Gasteiger partial charge >= 0.3 is 0 Å². The van der Waals surface area contributed by atoms with Crippen LogP contribution in [0.1, 0.15) is 68.2 Å². The second kappa shape index (κ2) is 11.6. The lowest BCUT2D eigenvalue weighted by molar-refractivity contribution is -0.385. The molecule has 38 heavy (non-hydrogen) atoms. The molecule has 1 aromatic heterocycles. The molecule has 0 aliphatic carbocycles. The molecule has 0 aliphatic rings. The lowest BCUT2D eigenvalue weighted by Gasteiger charge is -2.23. The minimum atomic E-state index is -0.503. The number of aryl methyl sites for hydroxylation is 2. The Labute approximate surface area is 224 Å². The lowest BCUT2D eigenvalue weighted by atomic mass is 9.92. The Kier molecular flexibility index (Phi) is 8.70. The van der Waals surface area contributed by atoms with Crippen LogP contribution in [-0.2, 0) is 10.2 Å². The second-order valence-electron chi connectivity index (χ2n) is 11.1. The number of carbonyl (C=O) groups is 2. The molecule has 0 bridgehead atoms. The summed E-state index contributed by atoms with van der Waals surface area (Å²) in [6.45, 7) is 14.0. The summed E-state index contributed by atoms with van der Waals surface area (Å²) < 4.78 is 1.72. The van der Waals surface area contributed by atoms with E-state index < -0.39 is 10.8 Å². The van der Waals surface area contributed by atoms with Gasteiger partial charge < -0.3 is 10.2 Å². The number of nitrogens with zero attached hydrogens (tertiary/aromatic N) is 4. The fourth-order valence-corrected chi connectivity index (χ4v) is 3.97. The molecule has 9 nitrogen and oxygen atoms in total. The van der Waals surface area contributed by atoms with Gasteiger partial charge in [0.2, 0.25) is 5.91 Å². The van der Waals surface area contributed by atoms with Gasteiger partial charge in [-0.2, -0.15) is 5.10 Å². The van der Waals surface area contributed by atoms with Gasteiger partial charge in [-0.3, -0.25) is 19.7 Å². The lowest BCUT2D eigenvalue weighted by Crippen LogP contribution is -2.39. The maximum Gasteiger partial charge on any atom is 0.273 e. The van der Waals surface area contributed by atoms with Crippen LogP contribution < -0.4 is 5.32 Å². The van der Waals surface area contributed by atoms with E-state index in [1.54, 1.807) is 23.7 Å². The van der Waals surface area contributed by atoms with Crippen LogP contribution in [0.3, 0.4) is 0 Å². The molecular weight excluding hydrogens is 482 g/mol. The summed E-state index contributed by atoms with van der Waals surface area (Å²) in [4.78, 5) is 39.1. The second-order valence-corrected chi connectivity index (χ2v) is 11.1. The Hall–Kier alpha value is -4.01. The van der Waals surface area contributed by atoms with Crippen LogP contribution in [0.15, 0.2) is 48.5 Å². The van der Waals surface area contributed by atoms with E-state index in [-0.39, 0.29) is 29.1 Å². The zero-order valence-electron chi connectivity index (χ0n) is 23.2. The van der Waals surface area contributed by atoms with Crippen molar-refractivity contribution in [3.63, 3.8) is 0 Å². The average Bonchev–Trinajstić information content (AvgIpc) is 3.25. The van der Waals surface area contributed by atoms with Crippen LogP contribution in [0, 0.1) is 29.9 Å². The fourth-order valence-electron chi connectivity index (χ4n) is 3.97. The molecule has 0 saturated heterocycles. The van der Waals surface area contributed by atoms with Gasteiger partial charge in [0, 0.05) is 35.2 Å². The SMILES string of the molecule is Cc1ccccc1-n1nc(C(C)(C)C)cc1NC(=O)CN(CCC(C)C)C(=O)c1ccc(C)c([N+](=O)[O-])c1. The standard InChI is InChI=1S/C29H37N5O4/c1-19(2)14-15-32(28(36)22-13-12-21(4)24(16-22)34(37)38)18-27(35)30-26-17-25(29(5,6)7)31-33(26)23-11-9-8-10-20(23)3/h8-13,16-17,19H,14-15,18H2,1-7H3,(H,30,35). The van der Waals surface area contributed by atoms with Gasteiger partial charge in [0.05, 0.1) is 16.3 Å². The van der Waals surface area contributed by atoms with E-state index >= 15 is 0 Å². The van der Waals surface area contributed by atoms with Crippen molar-refractivity contribution in [1.82, 2.24) is 14.7 Å². The predicted molar refractivity (Wildman–Crippen MR) is 149 cm³/mol. The van der Waals surface area contributed by atoms with Crippen molar-refractivity contribution >= 4 is 23.3 Å². The normalized spacial score (nSPS) is 11.5. The highest BCUT2D eigenvalue weighted by Crippen LogP contribution is 2.27. The molecule has 202 valence electrons. The van der Waals surface area contributed by atoms with Gasteiger partial charge in [-0.15, -0.1) is 0 Å². The van der Waals surface area contributed by atoms with Crippen LogP contribution >= 0.6 is 0 Å². The number of nitrogens with one attached hydrogen (secondary N) is 1. The molecule has 0 aliphatic heterocycles. The summed E-state index contributed by atoms with van der Waals surface area (Å²) in [6.07, 6.45) is 0.683. The summed E-state index contributed by atoms with van der Waals surface area (Å²) in [6, 6.07) is 14.0. The molecular formula is C29H37N5O4. The number of nitro benzene ring substituents is 1. The van der Waals surface area contributed by atoms with Gasteiger partial charge in [0.15, 0.2) is 0 Å². The Balaban J connectivity index is 1.91. The van der Waals surface area contributed by atoms with E-state index in [1.165, 1.54) is 11.0 Å². The zero-order valence-corrected chi connectivity index (χ0v) is 23.2. The molecule has 0 fully saturated rings. The summed E-state index contributed by atoms with van der Waals surface area (Å²) in [5.41, 5.74) is 2.94. The first-order valence-electron chi connectivity index (χ1n) is 12.8. The molecule has 0 radical (unpaired) electrons. The maximum atomic E-state index is 13.4. The van der Waals surface area contributed by atoms with Crippen LogP contribution in [0.5, 0.6) is 0 Å². The topological polar surface area (TPSA) is 110 Å². The summed E-state index contributed by atoms with van der Waals surface area (Å²) in [7, 11) is 0. The van der Waals surface area contributed by atoms with Crippen LogP contribution in [0.2, 0.25) is 0 Å². The molecule has 0 atom stereocenters. The average molecular weight is 520 g/mol. The predicted octanol–water partition coefficient (Wildman–Crippen LogP) is 5.82. The highest BCUT2D eigenvalue weighted by Gasteiger charge is 2.25. The van der Waals surface area contributed by atoms with Crippen molar-refractivity contribution in [3.8, 4) is 5.69 Å². The maximum absolute atomic E-state index is 13.4. The summed E-state index contributed by atoms with van der Waals surface area (Å²) in [5.74, 6) is 0.0135. The molecule has 1 heterocycles. The molecule has 0 spiro atoms. The Morgan fingerprint density at radius 1 is 1.08 bits per heavy atom. The van der Waals surface area contributed by atoms with Gasteiger partial charge in [0.1, 0.15) is 12.4 Å². The van der Waals surface area contributed by atoms with E-state index in [9.17, 15) is 19.7 Å².